The van der Waals surface area contributed by atoms with Gasteiger partial charge in [-0.1, -0.05) is 0 Å². The minimum atomic E-state index is -1.01. The van der Waals surface area contributed by atoms with Crippen molar-refractivity contribution in [1.29, 1.82) is 0 Å². The van der Waals surface area contributed by atoms with Crippen LogP contribution in [0.25, 0.3) is 0 Å². The summed E-state index contributed by atoms with van der Waals surface area (Å²) in [4.78, 5) is 11.1. The molecule has 0 saturated carbocycles. The lowest BCUT2D eigenvalue weighted by molar-refractivity contribution is 0.0619. The third-order valence-corrected chi connectivity index (χ3v) is 2.68. The van der Waals surface area contributed by atoms with Crippen LogP contribution < -0.4 is 14.2 Å². The van der Waals surface area contributed by atoms with Crippen molar-refractivity contribution in [2.75, 3.05) is 6.61 Å². The summed E-state index contributed by atoms with van der Waals surface area (Å²) in [5.41, 5.74) is 1.01. The van der Waals surface area contributed by atoms with E-state index in [-0.39, 0.29) is 11.3 Å². The molecule has 2 heterocycles. The lowest BCUT2D eigenvalue weighted by atomic mass is 10.1. The molecule has 0 fully saturated rings. The van der Waals surface area contributed by atoms with E-state index in [4.69, 9.17) is 19.3 Å². The molecule has 0 radical (unpaired) electrons. The average Bonchev–Trinajstić information content (AvgIpc) is 2.79. The van der Waals surface area contributed by atoms with Gasteiger partial charge in [-0.25, -0.2) is 4.79 Å². The van der Waals surface area contributed by atoms with Gasteiger partial charge in [0.2, 0.25) is 12.0 Å². The fourth-order valence-corrected chi connectivity index (χ4v) is 2.02. The van der Waals surface area contributed by atoms with Crippen LogP contribution in [0.1, 0.15) is 22.8 Å². The van der Waals surface area contributed by atoms with Crippen molar-refractivity contribution in [1.82, 2.24) is 0 Å². The van der Waals surface area contributed by atoms with E-state index in [9.17, 15) is 4.79 Å². The molecule has 0 aromatic heterocycles. The highest BCUT2D eigenvalue weighted by atomic mass is 16.7. The van der Waals surface area contributed by atoms with Crippen LogP contribution in [0, 0.1) is 0 Å². The zero-order chi connectivity index (χ0) is 11.3. The Morgan fingerprint density at radius 2 is 2.12 bits per heavy atom. The van der Waals surface area contributed by atoms with Crippen LogP contribution in [-0.4, -0.2) is 24.0 Å². The molecule has 1 atom stereocenters. The first-order valence-electron chi connectivity index (χ1n) is 5.06. The molecule has 16 heavy (non-hydrogen) atoms. The van der Waals surface area contributed by atoms with E-state index in [1.807, 2.05) is 0 Å². The second-order valence-electron chi connectivity index (χ2n) is 3.78. The summed E-state index contributed by atoms with van der Waals surface area (Å²) in [5, 5.41) is 9.09. The highest BCUT2D eigenvalue weighted by Crippen LogP contribution is 2.49. The molecular formula is C11H10O5. The van der Waals surface area contributed by atoms with Gasteiger partial charge in [0, 0.05) is 18.9 Å². The highest BCUT2D eigenvalue weighted by molar-refractivity contribution is 5.93. The van der Waals surface area contributed by atoms with Crippen LogP contribution in [0.4, 0.5) is 0 Å². The first kappa shape index (κ1) is 9.33. The van der Waals surface area contributed by atoms with Crippen molar-refractivity contribution in [3.05, 3.63) is 17.2 Å². The molecule has 0 spiro atoms. The molecule has 1 N–H and O–H groups in total. The van der Waals surface area contributed by atoms with Gasteiger partial charge >= 0.3 is 5.97 Å². The first-order valence-corrected chi connectivity index (χ1v) is 5.06. The predicted molar refractivity (Wildman–Crippen MR) is 53.3 cm³/mol. The predicted octanol–water partition coefficient (Wildman–Crippen LogP) is 1.44. The van der Waals surface area contributed by atoms with Crippen molar-refractivity contribution in [3.8, 4) is 17.2 Å². The van der Waals surface area contributed by atoms with Crippen LogP contribution in [-0.2, 0) is 6.42 Å². The van der Waals surface area contributed by atoms with Gasteiger partial charge in [-0.05, 0) is 6.07 Å². The number of benzene rings is 1. The largest absolute Gasteiger partial charge is 0.489 e. The van der Waals surface area contributed by atoms with Crippen LogP contribution in [0.5, 0.6) is 17.2 Å². The second-order valence-corrected chi connectivity index (χ2v) is 3.78. The summed E-state index contributed by atoms with van der Waals surface area (Å²) < 4.78 is 16.2. The van der Waals surface area contributed by atoms with Gasteiger partial charge in [-0.3, -0.25) is 0 Å². The monoisotopic (exact) mass is 222 g/mol. The zero-order valence-electron chi connectivity index (χ0n) is 8.65. The Bertz CT molecular complexity index is 480. The van der Waals surface area contributed by atoms with Gasteiger partial charge < -0.3 is 19.3 Å². The van der Waals surface area contributed by atoms with E-state index in [1.165, 1.54) is 0 Å². The smallest absolute Gasteiger partial charge is 0.339 e. The molecule has 5 nitrogen and oxygen atoms in total. The van der Waals surface area contributed by atoms with Gasteiger partial charge in [0.05, 0.1) is 6.61 Å². The number of aromatic carboxylic acids is 1. The number of carboxylic acids is 1. The molecule has 0 bridgehead atoms. The van der Waals surface area contributed by atoms with Crippen molar-refractivity contribution >= 4 is 5.97 Å². The molecule has 3 rings (SSSR count). The van der Waals surface area contributed by atoms with Crippen molar-refractivity contribution in [2.24, 2.45) is 0 Å². The van der Waals surface area contributed by atoms with E-state index in [1.54, 1.807) is 13.0 Å². The number of fused-ring (bicyclic) bond motifs is 3. The average molecular weight is 222 g/mol. The molecule has 2 aliphatic rings. The van der Waals surface area contributed by atoms with Crippen molar-refractivity contribution in [3.63, 3.8) is 0 Å². The Labute approximate surface area is 91.5 Å². The van der Waals surface area contributed by atoms with E-state index in [2.05, 4.69) is 0 Å². The molecule has 0 saturated heterocycles. The fourth-order valence-electron chi connectivity index (χ4n) is 2.02. The minimum absolute atomic E-state index is 0.142. The van der Waals surface area contributed by atoms with Gasteiger partial charge in [0.1, 0.15) is 5.56 Å². The van der Waals surface area contributed by atoms with Crippen LogP contribution in [0.15, 0.2) is 6.07 Å². The highest BCUT2D eigenvalue weighted by Gasteiger charge is 2.34. The lowest BCUT2D eigenvalue weighted by Crippen LogP contribution is -2.12. The molecular weight excluding hydrogens is 212 g/mol. The fraction of sp³-hybridized carbons (Fsp3) is 0.364. The number of carboxylic acid groups (broad SMARTS) is 1. The Morgan fingerprint density at radius 1 is 1.38 bits per heavy atom. The maximum Gasteiger partial charge on any atom is 0.339 e. The molecule has 2 aliphatic heterocycles. The number of rotatable bonds is 1. The summed E-state index contributed by atoms with van der Waals surface area (Å²) in [6.07, 6.45) is 0.240. The molecule has 1 unspecified atom stereocenters. The topological polar surface area (TPSA) is 65.0 Å². The second kappa shape index (κ2) is 3.04. The normalized spacial score (nSPS) is 20.4. The first-order chi connectivity index (χ1) is 7.66. The molecule has 0 aliphatic carbocycles. The lowest BCUT2D eigenvalue weighted by Gasteiger charge is -2.06. The van der Waals surface area contributed by atoms with Gasteiger partial charge in [0.25, 0.3) is 0 Å². The maximum atomic E-state index is 11.1. The van der Waals surface area contributed by atoms with E-state index < -0.39 is 12.3 Å². The Morgan fingerprint density at radius 3 is 2.88 bits per heavy atom. The number of hydrogen-bond acceptors (Lipinski definition) is 4. The number of carbonyl (C=O) groups is 1. The standard InChI is InChI=1S/C11H10O5/c1-5-15-9-7(11(12)13)4-6-2-3-14-8(6)10(9)16-5/h4-5H,2-3H2,1H3,(H,12,13). The van der Waals surface area contributed by atoms with Crippen molar-refractivity contribution in [2.45, 2.75) is 19.6 Å². The van der Waals surface area contributed by atoms with Crippen LogP contribution in [0.3, 0.4) is 0 Å². The van der Waals surface area contributed by atoms with Gasteiger partial charge in [0.15, 0.2) is 11.5 Å². The Hall–Kier alpha value is -1.91. The molecule has 5 heteroatoms. The summed E-state index contributed by atoms with van der Waals surface area (Å²) in [5.74, 6) is 0.327. The molecule has 1 aromatic carbocycles. The molecule has 84 valence electrons. The van der Waals surface area contributed by atoms with E-state index in [0.29, 0.717) is 24.5 Å². The Balaban J connectivity index is 2.24. The third-order valence-electron chi connectivity index (χ3n) is 2.68. The third kappa shape index (κ3) is 1.14. The summed E-state index contributed by atoms with van der Waals surface area (Å²) in [7, 11) is 0. The van der Waals surface area contributed by atoms with Crippen LogP contribution in [0.2, 0.25) is 0 Å². The summed E-state index contributed by atoms with van der Waals surface area (Å²) in [6.45, 7) is 2.27. The quantitative estimate of drug-likeness (QED) is 0.778. The Kier molecular flexibility index (Phi) is 1.77. The van der Waals surface area contributed by atoms with Crippen molar-refractivity contribution < 1.29 is 24.1 Å². The minimum Gasteiger partial charge on any atom is -0.489 e. The molecule has 1 aromatic rings. The number of hydrogen-bond donors (Lipinski definition) is 1. The van der Waals surface area contributed by atoms with Gasteiger partial charge in [-0.15, -0.1) is 0 Å². The molecule has 0 amide bonds. The van der Waals surface area contributed by atoms with Crippen LogP contribution >= 0.6 is 0 Å². The van der Waals surface area contributed by atoms with E-state index in [0.717, 1.165) is 5.56 Å². The summed E-state index contributed by atoms with van der Waals surface area (Å²) >= 11 is 0. The summed E-state index contributed by atoms with van der Waals surface area (Å²) in [6, 6.07) is 1.60. The number of ether oxygens (including phenoxy) is 3. The SMILES string of the molecule is CC1Oc2c(C(=O)O)cc3c(c2O1)OCC3. The zero-order valence-corrected chi connectivity index (χ0v) is 8.65. The van der Waals surface area contributed by atoms with E-state index >= 15 is 0 Å². The van der Waals surface area contributed by atoms with Gasteiger partial charge in [-0.2, -0.15) is 0 Å². The maximum absolute atomic E-state index is 11.1.